The Kier molecular flexibility index (Phi) is 6.81. The standard InChI is InChI=1S/C13H20Cl2N4/c1-4-5-6-7-17-13(16-2)18-9-10-8-11(14)12(15)19(10)3/h4-5,8H,6-7,9H2,1-3H3,(H2,16,17,18)/b5-4+. The first-order valence-electron chi connectivity index (χ1n) is 6.15. The van der Waals surface area contributed by atoms with Crippen molar-refractivity contribution in [3.05, 3.63) is 34.1 Å². The Morgan fingerprint density at radius 1 is 1.42 bits per heavy atom. The van der Waals surface area contributed by atoms with E-state index in [2.05, 4.69) is 21.7 Å². The summed E-state index contributed by atoms with van der Waals surface area (Å²) in [5, 5.41) is 7.57. The number of nitrogens with zero attached hydrogens (tertiary/aromatic N) is 2. The fourth-order valence-electron chi connectivity index (χ4n) is 1.59. The quantitative estimate of drug-likeness (QED) is 0.380. The average Bonchev–Trinajstić information content (AvgIpc) is 2.65. The molecule has 0 saturated heterocycles. The van der Waals surface area contributed by atoms with Gasteiger partial charge in [-0.1, -0.05) is 35.4 Å². The molecule has 0 fully saturated rings. The number of nitrogens with one attached hydrogen (secondary N) is 2. The summed E-state index contributed by atoms with van der Waals surface area (Å²) in [5.41, 5.74) is 1.01. The highest BCUT2D eigenvalue weighted by Gasteiger charge is 2.08. The highest BCUT2D eigenvalue weighted by Crippen LogP contribution is 2.24. The number of aliphatic imine (C=N–C) groups is 1. The molecule has 0 radical (unpaired) electrons. The first kappa shape index (κ1) is 15.9. The van der Waals surface area contributed by atoms with Gasteiger partial charge in [-0.2, -0.15) is 0 Å². The van der Waals surface area contributed by atoms with E-state index in [-0.39, 0.29) is 0 Å². The van der Waals surface area contributed by atoms with Gasteiger partial charge in [0, 0.05) is 26.3 Å². The van der Waals surface area contributed by atoms with Crippen LogP contribution in [0.5, 0.6) is 0 Å². The predicted octanol–water partition coefficient (Wildman–Crippen LogP) is 2.96. The van der Waals surface area contributed by atoms with Gasteiger partial charge in [-0.05, 0) is 19.4 Å². The number of halogens is 2. The maximum atomic E-state index is 6.02. The van der Waals surface area contributed by atoms with E-state index >= 15 is 0 Å². The Bertz CT molecular complexity index is 463. The zero-order chi connectivity index (χ0) is 14.3. The van der Waals surface area contributed by atoms with Crippen molar-refractivity contribution in [2.24, 2.45) is 12.0 Å². The van der Waals surface area contributed by atoms with E-state index in [9.17, 15) is 0 Å². The van der Waals surface area contributed by atoms with E-state index in [0.29, 0.717) is 16.7 Å². The molecule has 6 heteroatoms. The summed E-state index contributed by atoms with van der Waals surface area (Å²) in [4.78, 5) is 4.15. The first-order valence-corrected chi connectivity index (χ1v) is 6.91. The smallest absolute Gasteiger partial charge is 0.191 e. The molecule has 0 aliphatic rings. The van der Waals surface area contributed by atoms with Gasteiger partial charge in [0.2, 0.25) is 0 Å². The van der Waals surface area contributed by atoms with Gasteiger partial charge in [0.25, 0.3) is 0 Å². The molecule has 2 N–H and O–H groups in total. The molecule has 19 heavy (non-hydrogen) atoms. The molecule has 1 heterocycles. The summed E-state index contributed by atoms with van der Waals surface area (Å²) in [7, 11) is 3.63. The minimum Gasteiger partial charge on any atom is -0.356 e. The average molecular weight is 303 g/mol. The molecular weight excluding hydrogens is 283 g/mol. The summed E-state index contributed by atoms with van der Waals surface area (Å²) >= 11 is 12.0. The lowest BCUT2D eigenvalue weighted by atomic mass is 10.4. The van der Waals surface area contributed by atoms with Gasteiger partial charge in [0.15, 0.2) is 5.96 Å². The van der Waals surface area contributed by atoms with Crippen molar-refractivity contribution in [3.63, 3.8) is 0 Å². The van der Waals surface area contributed by atoms with Gasteiger partial charge in [-0.25, -0.2) is 0 Å². The van der Waals surface area contributed by atoms with Crippen LogP contribution >= 0.6 is 23.2 Å². The molecular formula is C13H20Cl2N4. The van der Waals surface area contributed by atoms with E-state index in [1.54, 1.807) is 7.05 Å². The van der Waals surface area contributed by atoms with Gasteiger partial charge in [-0.15, -0.1) is 0 Å². The third kappa shape index (κ3) is 4.80. The maximum absolute atomic E-state index is 6.02. The molecule has 1 rings (SSSR count). The van der Waals surface area contributed by atoms with Crippen LogP contribution in [0.4, 0.5) is 0 Å². The zero-order valence-corrected chi connectivity index (χ0v) is 13.0. The topological polar surface area (TPSA) is 41.4 Å². The molecule has 0 unspecified atom stereocenters. The van der Waals surface area contributed by atoms with Crippen molar-refractivity contribution < 1.29 is 0 Å². The molecule has 4 nitrogen and oxygen atoms in total. The van der Waals surface area contributed by atoms with Crippen LogP contribution in [0.3, 0.4) is 0 Å². The normalized spacial score (nSPS) is 12.2. The summed E-state index contributed by atoms with van der Waals surface area (Å²) in [5.74, 6) is 0.762. The monoisotopic (exact) mass is 302 g/mol. The van der Waals surface area contributed by atoms with Crippen LogP contribution in [0.2, 0.25) is 10.2 Å². The molecule has 0 bridgehead atoms. The maximum Gasteiger partial charge on any atom is 0.191 e. The van der Waals surface area contributed by atoms with E-state index in [0.717, 1.165) is 24.6 Å². The van der Waals surface area contributed by atoms with Gasteiger partial charge in [-0.3, -0.25) is 4.99 Å². The number of hydrogen-bond donors (Lipinski definition) is 2. The highest BCUT2D eigenvalue weighted by molar-refractivity contribution is 6.41. The number of guanidine groups is 1. The molecule has 0 aliphatic heterocycles. The van der Waals surface area contributed by atoms with Crippen LogP contribution in [0.1, 0.15) is 19.0 Å². The molecule has 0 spiro atoms. The van der Waals surface area contributed by atoms with Crippen LogP contribution in [0, 0.1) is 0 Å². The third-order valence-electron chi connectivity index (χ3n) is 2.72. The molecule has 1 aromatic heterocycles. The molecule has 0 saturated carbocycles. The lowest BCUT2D eigenvalue weighted by Crippen LogP contribution is -2.37. The van der Waals surface area contributed by atoms with E-state index < -0.39 is 0 Å². The van der Waals surface area contributed by atoms with Crippen LogP contribution in [-0.2, 0) is 13.6 Å². The predicted molar refractivity (Wildman–Crippen MR) is 83.1 cm³/mol. The number of aromatic nitrogens is 1. The zero-order valence-electron chi connectivity index (χ0n) is 11.5. The van der Waals surface area contributed by atoms with E-state index in [1.807, 2.05) is 30.7 Å². The van der Waals surface area contributed by atoms with Gasteiger partial charge < -0.3 is 15.2 Å². The molecule has 1 aromatic rings. The Labute approximate surface area is 124 Å². The van der Waals surface area contributed by atoms with Crippen molar-refractivity contribution in [1.82, 2.24) is 15.2 Å². The van der Waals surface area contributed by atoms with Crippen molar-refractivity contribution in [2.45, 2.75) is 19.9 Å². The fraction of sp³-hybridized carbons (Fsp3) is 0.462. The summed E-state index contributed by atoms with van der Waals surface area (Å²) in [6.45, 7) is 3.47. The van der Waals surface area contributed by atoms with Crippen LogP contribution in [-0.4, -0.2) is 24.1 Å². The summed E-state index contributed by atoms with van der Waals surface area (Å²) in [6, 6.07) is 1.85. The van der Waals surface area contributed by atoms with Crippen molar-refractivity contribution in [2.75, 3.05) is 13.6 Å². The van der Waals surface area contributed by atoms with Crippen molar-refractivity contribution >= 4 is 29.2 Å². The van der Waals surface area contributed by atoms with Crippen molar-refractivity contribution in [1.29, 1.82) is 0 Å². The van der Waals surface area contributed by atoms with Gasteiger partial charge >= 0.3 is 0 Å². The largest absolute Gasteiger partial charge is 0.356 e. The molecule has 106 valence electrons. The Morgan fingerprint density at radius 3 is 2.68 bits per heavy atom. The number of allylic oxidation sites excluding steroid dienone is 1. The second kappa shape index (κ2) is 8.12. The molecule has 0 amide bonds. The van der Waals surface area contributed by atoms with E-state index in [4.69, 9.17) is 23.2 Å². The Hall–Kier alpha value is -1.13. The van der Waals surface area contributed by atoms with Crippen LogP contribution in [0.25, 0.3) is 0 Å². The minimum atomic E-state index is 0.550. The lowest BCUT2D eigenvalue weighted by Gasteiger charge is -2.11. The van der Waals surface area contributed by atoms with Crippen LogP contribution < -0.4 is 10.6 Å². The van der Waals surface area contributed by atoms with Crippen LogP contribution in [0.15, 0.2) is 23.2 Å². The summed E-state index contributed by atoms with van der Waals surface area (Å²) in [6.07, 6.45) is 5.11. The SMILES string of the molecule is C/C=C/CCNC(=NC)NCc1cc(Cl)c(Cl)n1C. The molecule has 0 atom stereocenters. The number of rotatable bonds is 5. The van der Waals surface area contributed by atoms with E-state index in [1.165, 1.54) is 0 Å². The Balaban J connectivity index is 2.47. The minimum absolute atomic E-state index is 0.550. The van der Waals surface area contributed by atoms with Crippen molar-refractivity contribution in [3.8, 4) is 0 Å². The second-order valence-corrected chi connectivity index (χ2v) is 4.81. The second-order valence-electron chi connectivity index (χ2n) is 4.04. The molecule has 0 aromatic carbocycles. The summed E-state index contributed by atoms with van der Waals surface area (Å²) < 4.78 is 1.85. The molecule has 0 aliphatic carbocycles. The fourth-order valence-corrected chi connectivity index (χ4v) is 2.01. The van der Waals surface area contributed by atoms with Gasteiger partial charge in [0.1, 0.15) is 5.15 Å². The third-order valence-corrected chi connectivity index (χ3v) is 3.56. The first-order chi connectivity index (χ1) is 9.10. The van der Waals surface area contributed by atoms with Gasteiger partial charge in [0.05, 0.1) is 11.6 Å². The Morgan fingerprint density at radius 2 is 2.16 bits per heavy atom. The lowest BCUT2D eigenvalue weighted by molar-refractivity contribution is 0.749. The highest BCUT2D eigenvalue weighted by atomic mass is 35.5. The number of hydrogen-bond acceptors (Lipinski definition) is 1.